The number of benzene rings is 1. The predicted molar refractivity (Wildman–Crippen MR) is 118 cm³/mol. The van der Waals surface area contributed by atoms with Crippen LogP contribution in [0.5, 0.6) is 0 Å². The minimum absolute atomic E-state index is 0.0624. The molecule has 1 saturated heterocycles. The van der Waals surface area contributed by atoms with E-state index in [1.807, 2.05) is 0 Å². The monoisotopic (exact) mass is 399 g/mol. The van der Waals surface area contributed by atoms with Crippen LogP contribution in [0.3, 0.4) is 0 Å². The average molecular weight is 400 g/mol. The molecule has 1 N–H and O–H groups in total. The Morgan fingerprint density at radius 3 is 2.79 bits per heavy atom. The van der Waals surface area contributed by atoms with E-state index in [1.165, 1.54) is 43.4 Å². The summed E-state index contributed by atoms with van der Waals surface area (Å²) in [6, 6.07) is 8.49. The van der Waals surface area contributed by atoms with E-state index in [4.69, 9.17) is 9.72 Å². The first-order valence-electron chi connectivity index (χ1n) is 11.6. The van der Waals surface area contributed by atoms with Crippen LogP contribution in [0.2, 0.25) is 0 Å². The second-order valence-corrected chi connectivity index (χ2v) is 8.19. The maximum Gasteiger partial charge on any atom is 0.249 e. The highest BCUT2D eigenvalue weighted by Gasteiger charge is 2.22. The van der Waals surface area contributed by atoms with Crippen LogP contribution in [0.4, 0.5) is 0 Å². The van der Waals surface area contributed by atoms with E-state index < -0.39 is 0 Å². The molecule has 2 aromatic rings. The number of para-hydroxylation sites is 2. The maximum atomic E-state index is 12.0. The summed E-state index contributed by atoms with van der Waals surface area (Å²) in [5.74, 6) is 1.28. The molecule has 1 amide bonds. The third kappa shape index (κ3) is 6.56. The van der Waals surface area contributed by atoms with Gasteiger partial charge in [-0.15, -0.1) is 0 Å². The summed E-state index contributed by atoms with van der Waals surface area (Å²) in [7, 11) is 0. The van der Waals surface area contributed by atoms with Gasteiger partial charge in [0, 0.05) is 26.1 Å². The zero-order valence-electron chi connectivity index (χ0n) is 18.0. The number of nitrogens with one attached hydrogen (secondary N) is 1. The van der Waals surface area contributed by atoms with E-state index in [0.29, 0.717) is 0 Å². The number of rotatable bonds is 13. The SMILES string of the molecule is CCCCCCCn1c(CCCCCNC(=O)C2CCCO2)nc2ccccc21. The zero-order valence-corrected chi connectivity index (χ0v) is 18.0. The highest BCUT2D eigenvalue weighted by Crippen LogP contribution is 2.19. The van der Waals surface area contributed by atoms with Gasteiger partial charge < -0.3 is 14.6 Å². The van der Waals surface area contributed by atoms with Gasteiger partial charge in [-0.05, 0) is 44.2 Å². The molecule has 5 heteroatoms. The largest absolute Gasteiger partial charge is 0.368 e. The van der Waals surface area contributed by atoms with Gasteiger partial charge in [0.15, 0.2) is 0 Å². The van der Waals surface area contributed by atoms with Crippen LogP contribution in [-0.2, 0) is 22.5 Å². The van der Waals surface area contributed by atoms with Gasteiger partial charge in [-0.25, -0.2) is 4.98 Å². The first kappa shape index (κ1) is 21.8. The minimum atomic E-state index is -0.216. The molecule has 160 valence electrons. The standard InChI is InChI=1S/C24H37N3O2/c1-2-3-4-5-11-18-27-21-14-9-8-13-20(21)26-23(27)16-7-6-10-17-25-24(28)22-15-12-19-29-22/h8-9,13-14,22H,2-7,10-12,15-19H2,1H3,(H,25,28). The first-order chi connectivity index (χ1) is 14.3. The first-order valence-corrected chi connectivity index (χ1v) is 11.6. The Bertz CT molecular complexity index is 750. The molecule has 5 nitrogen and oxygen atoms in total. The summed E-state index contributed by atoms with van der Waals surface area (Å²) in [5, 5.41) is 3.02. The van der Waals surface area contributed by atoms with Crippen molar-refractivity contribution < 1.29 is 9.53 Å². The van der Waals surface area contributed by atoms with Crippen LogP contribution in [0, 0.1) is 0 Å². The quantitative estimate of drug-likeness (QED) is 0.482. The molecule has 29 heavy (non-hydrogen) atoms. The number of aryl methyl sites for hydroxylation is 2. The number of amides is 1. The lowest BCUT2D eigenvalue weighted by Gasteiger charge is -2.11. The van der Waals surface area contributed by atoms with Gasteiger partial charge in [-0.3, -0.25) is 4.79 Å². The molecule has 1 aromatic heterocycles. The van der Waals surface area contributed by atoms with Gasteiger partial charge in [0.05, 0.1) is 11.0 Å². The number of nitrogens with zero attached hydrogens (tertiary/aromatic N) is 2. The number of fused-ring (bicyclic) bond motifs is 1. The maximum absolute atomic E-state index is 12.0. The van der Waals surface area contributed by atoms with Crippen molar-refractivity contribution in [3.63, 3.8) is 0 Å². The number of hydrogen-bond donors (Lipinski definition) is 1. The number of unbranched alkanes of at least 4 members (excludes halogenated alkanes) is 6. The van der Waals surface area contributed by atoms with Crippen molar-refractivity contribution in [1.82, 2.24) is 14.9 Å². The van der Waals surface area contributed by atoms with E-state index in [1.54, 1.807) is 0 Å². The number of hydrogen-bond acceptors (Lipinski definition) is 3. The van der Waals surface area contributed by atoms with Gasteiger partial charge in [-0.1, -0.05) is 51.2 Å². The van der Waals surface area contributed by atoms with E-state index in [-0.39, 0.29) is 12.0 Å². The molecular weight excluding hydrogens is 362 g/mol. The molecule has 0 spiro atoms. The molecule has 0 aliphatic carbocycles. The summed E-state index contributed by atoms with van der Waals surface area (Å²) >= 11 is 0. The Hall–Kier alpha value is -1.88. The fourth-order valence-corrected chi connectivity index (χ4v) is 4.13. The van der Waals surface area contributed by atoms with E-state index in [9.17, 15) is 4.79 Å². The average Bonchev–Trinajstić information content (AvgIpc) is 3.39. The van der Waals surface area contributed by atoms with Gasteiger partial charge in [-0.2, -0.15) is 0 Å². The molecular formula is C24H37N3O2. The summed E-state index contributed by atoms with van der Waals surface area (Å²) in [5.41, 5.74) is 2.38. The van der Waals surface area contributed by atoms with Crippen molar-refractivity contribution in [3.05, 3.63) is 30.1 Å². The lowest BCUT2D eigenvalue weighted by atomic mass is 10.1. The van der Waals surface area contributed by atoms with Gasteiger partial charge in [0.1, 0.15) is 11.9 Å². The fraction of sp³-hybridized carbons (Fsp3) is 0.667. The number of carbonyl (C=O) groups is 1. The molecule has 0 radical (unpaired) electrons. The third-order valence-corrected chi connectivity index (χ3v) is 5.82. The van der Waals surface area contributed by atoms with E-state index in [0.717, 1.165) is 63.7 Å². The lowest BCUT2D eigenvalue weighted by Crippen LogP contribution is -2.34. The molecule has 1 aliphatic heterocycles. The Balaban J connectivity index is 1.42. The highest BCUT2D eigenvalue weighted by atomic mass is 16.5. The third-order valence-electron chi connectivity index (χ3n) is 5.82. The van der Waals surface area contributed by atoms with Crippen molar-refractivity contribution in [2.75, 3.05) is 13.2 Å². The van der Waals surface area contributed by atoms with E-state index >= 15 is 0 Å². The molecule has 0 bridgehead atoms. The van der Waals surface area contributed by atoms with Crippen molar-refractivity contribution in [2.45, 2.75) is 90.2 Å². The van der Waals surface area contributed by atoms with Crippen LogP contribution in [0.15, 0.2) is 24.3 Å². The van der Waals surface area contributed by atoms with Crippen LogP contribution in [-0.4, -0.2) is 34.7 Å². The molecule has 0 saturated carbocycles. The Kier molecular flexibility index (Phi) is 9.00. The van der Waals surface area contributed by atoms with Crippen LogP contribution in [0.1, 0.15) is 77.0 Å². The molecule has 1 unspecified atom stereocenters. The summed E-state index contributed by atoms with van der Waals surface area (Å²) < 4.78 is 7.85. The molecule has 3 rings (SSSR count). The van der Waals surface area contributed by atoms with Gasteiger partial charge in [0.25, 0.3) is 0 Å². The Labute approximate surface area is 175 Å². The van der Waals surface area contributed by atoms with Crippen molar-refractivity contribution >= 4 is 16.9 Å². The van der Waals surface area contributed by atoms with Crippen molar-refractivity contribution in [3.8, 4) is 0 Å². The molecule has 2 heterocycles. The summed E-state index contributed by atoms with van der Waals surface area (Å²) in [6.07, 6.45) is 12.3. The topological polar surface area (TPSA) is 56.2 Å². The number of imidazole rings is 1. The molecule has 1 atom stereocenters. The van der Waals surface area contributed by atoms with Crippen LogP contribution < -0.4 is 5.32 Å². The molecule has 1 aromatic carbocycles. The summed E-state index contributed by atoms with van der Waals surface area (Å²) in [4.78, 5) is 16.9. The van der Waals surface area contributed by atoms with Crippen LogP contribution in [0.25, 0.3) is 11.0 Å². The van der Waals surface area contributed by atoms with Crippen LogP contribution >= 0.6 is 0 Å². The normalized spacial score (nSPS) is 16.5. The predicted octanol–water partition coefficient (Wildman–Crippen LogP) is 5.01. The second kappa shape index (κ2) is 12.0. The number of carbonyl (C=O) groups excluding carboxylic acids is 1. The van der Waals surface area contributed by atoms with Crippen molar-refractivity contribution in [1.29, 1.82) is 0 Å². The highest BCUT2D eigenvalue weighted by molar-refractivity contribution is 5.80. The molecule has 1 aliphatic rings. The number of ether oxygens (including phenoxy) is 1. The zero-order chi connectivity index (χ0) is 20.3. The second-order valence-electron chi connectivity index (χ2n) is 8.19. The number of aromatic nitrogens is 2. The minimum Gasteiger partial charge on any atom is -0.368 e. The Morgan fingerprint density at radius 1 is 1.14 bits per heavy atom. The van der Waals surface area contributed by atoms with E-state index in [2.05, 4.69) is 41.1 Å². The summed E-state index contributed by atoms with van der Waals surface area (Å²) in [6.45, 7) is 4.79. The Morgan fingerprint density at radius 2 is 1.97 bits per heavy atom. The smallest absolute Gasteiger partial charge is 0.249 e. The molecule has 1 fully saturated rings. The lowest BCUT2D eigenvalue weighted by molar-refractivity contribution is -0.130. The van der Waals surface area contributed by atoms with Gasteiger partial charge >= 0.3 is 0 Å². The van der Waals surface area contributed by atoms with Crippen molar-refractivity contribution in [2.24, 2.45) is 0 Å². The fourth-order valence-electron chi connectivity index (χ4n) is 4.13. The van der Waals surface area contributed by atoms with Gasteiger partial charge in [0.2, 0.25) is 5.91 Å².